The molecule has 1 aromatic rings. The molecule has 1 atom stereocenters. The molecule has 1 saturated carbocycles. The van der Waals surface area contributed by atoms with Crippen molar-refractivity contribution in [3.05, 3.63) is 58.9 Å². The van der Waals surface area contributed by atoms with Crippen LogP contribution in [-0.4, -0.2) is 11.1 Å². The van der Waals surface area contributed by atoms with Crippen molar-refractivity contribution in [2.45, 2.75) is 44.9 Å². The molecular formula is C18H22FNO2. The highest BCUT2D eigenvalue weighted by atomic mass is 19.1. The summed E-state index contributed by atoms with van der Waals surface area (Å²) in [6.45, 7) is 7.70. The van der Waals surface area contributed by atoms with Gasteiger partial charge in [-0.05, 0) is 62.3 Å². The molecule has 0 aliphatic heterocycles. The van der Waals surface area contributed by atoms with E-state index in [0.29, 0.717) is 36.8 Å². The van der Waals surface area contributed by atoms with Gasteiger partial charge in [-0.3, -0.25) is 10.0 Å². The fourth-order valence-electron chi connectivity index (χ4n) is 3.37. The Bertz CT molecular complexity index is 636. The van der Waals surface area contributed by atoms with Crippen LogP contribution in [0.2, 0.25) is 0 Å². The monoisotopic (exact) mass is 303 g/mol. The highest BCUT2D eigenvalue weighted by Crippen LogP contribution is 2.43. The first-order valence-corrected chi connectivity index (χ1v) is 7.49. The van der Waals surface area contributed by atoms with Gasteiger partial charge in [-0.1, -0.05) is 30.4 Å². The van der Waals surface area contributed by atoms with E-state index >= 15 is 0 Å². The molecule has 1 fully saturated rings. The summed E-state index contributed by atoms with van der Waals surface area (Å²) in [4.78, 5) is 12.5. The zero-order valence-corrected chi connectivity index (χ0v) is 13.1. The van der Waals surface area contributed by atoms with Crippen LogP contribution in [-0.2, 0) is 10.2 Å². The number of hydrogen-bond donors (Lipinski definition) is 2. The molecule has 1 amide bonds. The van der Waals surface area contributed by atoms with Gasteiger partial charge in [-0.25, -0.2) is 9.87 Å². The zero-order valence-electron chi connectivity index (χ0n) is 13.1. The highest BCUT2D eigenvalue weighted by molar-refractivity contribution is 5.88. The van der Waals surface area contributed by atoms with Crippen LogP contribution >= 0.6 is 0 Å². The average Bonchev–Trinajstić information content (AvgIpc) is 2.69. The number of hydroxylamine groups is 1. The van der Waals surface area contributed by atoms with Crippen molar-refractivity contribution in [1.29, 1.82) is 0 Å². The standard InChI is InChI=1S/C18H22FNO2/c1-4-14-9-11-18(17(21)20-22,10-8-12(14)2)15-6-5-7-16(19)13(15)3/h4-7,22H,2,8-11H2,1,3H3,(H,20,21)/b14-4-. The minimum absolute atomic E-state index is 0.336. The Balaban J connectivity index is 2.57. The Morgan fingerprint density at radius 3 is 2.73 bits per heavy atom. The summed E-state index contributed by atoms with van der Waals surface area (Å²) in [6.07, 6.45) is 4.34. The highest BCUT2D eigenvalue weighted by Gasteiger charge is 2.42. The Morgan fingerprint density at radius 2 is 2.09 bits per heavy atom. The maximum absolute atomic E-state index is 14.0. The van der Waals surface area contributed by atoms with Gasteiger partial charge in [0.05, 0.1) is 5.41 Å². The van der Waals surface area contributed by atoms with E-state index in [4.69, 9.17) is 0 Å². The number of hydrogen-bond acceptors (Lipinski definition) is 2. The lowest BCUT2D eigenvalue weighted by molar-refractivity contribution is -0.135. The molecule has 1 aromatic carbocycles. The van der Waals surface area contributed by atoms with E-state index in [-0.39, 0.29) is 5.82 Å². The smallest absolute Gasteiger partial charge is 0.254 e. The molecule has 22 heavy (non-hydrogen) atoms. The summed E-state index contributed by atoms with van der Waals surface area (Å²) >= 11 is 0. The van der Waals surface area contributed by atoms with Gasteiger partial charge < -0.3 is 0 Å². The maximum Gasteiger partial charge on any atom is 0.254 e. The molecule has 2 N–H and O–H groups in total. The topological polar surface area (TPSA) is 49.3 Å². The van der Waals surface area contributed by atoms with E-state index in [1.165, 1.54) is 6.07 Å². The van der Waals surface area contributed by atoms with E-state index in [1.807, 2.05) is 13.0 Å². The third kappa shape index (κ3) is 2.71. The minimum atomic E-state index is -0.936. The number of carbonyl (C=O) groups is 1. The Labute approximate surface area is 130 Å². The van der Waals surface area contributed by atoms with Crippen molar-refractivity contribution in [2.75, 3.05) is 0 Å². The van der Waals surface area contributed by atoms with Crippen molar-refractivity contribution < 1.29 is 14.4 Å². The van der Waals surface area contributed by atoms with Crippen LogP contribution in [0.15, 0.2) is 42.0 Å². The van der Waals surface area contributed by atoms with Crippen LogP contribution in [0.4, 0.5) is 4.39 Å². The van der Waals surface area contributed by atoms with E-state index < -0.39 is 11.3 Å². The second kappa shape index (κ2) is 6.44. The molecule has 1 aliphatic rings. The van der Waals surface area contributed by atoms with Crippen LogP contribution in [0.5, 0.6) is 0 Å². The van der Waals surface area contributed by atoms with Crippen molar-refractivity contribution >= 4 is 5.91 Å². The molecule has 0 bridgehead atoms. The predicted molar refractivity (Wildman–Crippen MR) is 84.1 cm³/mol. The van der Waals surface area contributed by atoms with Gasteiger partial charge in [0.2, 0.25) is 0 Å². The molecule has 4 heteroatoms. The van der Waals surface area contributed by atoms with Crippen LogP contribution < -0.4 is 5.48 Å². The van der Waals surface area contributed by atoms with Crippen LogP contribution in [0.1, 0.15) is 43.7 Å². The van der Waals surface area contributed by atoms with E-state index in [9.17, 15) is 14.4 Å². The Kier molecular flexibility index (Phi) is 4.81. The SMILES string of the molecule is C=C1CCC(C(=O)NO)(c2cccc(F)c2C)CC/C1=C/C. The van der Waals surface area contributed by atoms with Crippen LogP contribution in [0, 0.1) is 12.7 Å². The third-order valence-electron chi connectivity index (χ3n) is 4.80. The molecule has 1 aliphatic carbocycles. The summed E-state index contributed by atoms with van der Waals surface area (Å²) in [6, 6.07) is 4.77. The second-order valence-corrected chi connectivity index (χ2v) is 5.85. The number of benzene rings is 1. The molecule has 118 valence electrons. The quantitative estimate of drug-likeness (QED) is 0.494. The molecule has 1 unspecified atom stereocenters. The lowest BCUT2D eigenvalue weighted by Crippen LogP contribution is -2.43. The molecular weight excluding hydrogens is 281 g/mol. The van der Waals surface area contributed by atoms with Crippen LogP contribution in [0.3, 0.4) is 0 Å². The first-order chi connectivity index (χ1) is 10.5. The zero-order chi connectivity index (χ0) is 16.3. The summed E-state index contributed by atoms with van der Waals surface area (Å²) in [5, 5.41) is 9.22. The van der Waals surface area contributed by atoms with Gasteiger partial charge in [-0.2, -0.15) is 0 Å². The van der Waals surface area contributed by atoms with Crippen molar-refractivity contribution in [3.63, 3.8) is 0 Å². The van der Waals surface area contributed by atoms with Gasteiger partial charge in [0.25, 0.3) is 5.91 Å². The van der Waals surface area contributed by atoms with Gasteiger partial charge >= 0.3 is 0 Å². The fourth-order valence-corrected chi connectivity index (χ4v) is 3.37. The average molecular weight is 303 g/mol. The number of halogens is 1. The van der Waals surface area contributed by atoms with Gasteiger partial charge in [0.1, 0.15) is 5.82 Å². The molecule has 3 nitrogen and oxygen atoms in total. The molecule has 0 saturated heterocycles. The van der Waals surface area contributed by atoms with Crippen molar-refractivity contribution in [1.82, 2.24) is 5.48 Å². The Morgan fingerprint density at radius 1 is 1.41 bits per heavy atom. The van der Waals surface area contributed by atoms with E-state index in [2.05, 4.69) is 6.58 Å². The third-order valence-corrected chi connectivity index (χ3v) is 4.80. The predicted octanol–water partition coefficient (Wildman–Crippen LogP) is 3.95. The summed E-state index contributed by atoms with van der Waals surface area (Å²) < 4.78 is 14.0. The van der Waals surface area contributed by atoms with Gasteiger partial charge in [0.15, 0.2) is 0 Å². The minimum Gasteiger partial charge on any atom is -0.289 e. The number of carbonyl (C=O) groups excluding carboxylic acids is 1. The second-order valence-electron chi connectivity index (χ2n) is 5.85. The van der Waals surface area contributed by atoms with Crippen molar-refractivity contribution in [3.8, 4) is 0 Å². The first kappa shape index (κ1) is 16.4. The summed E-state index contributed by atoms with van der Waals surface area (Å²) in [5.74, 6) is -0.816. The van der Waals surface area contributed by atoms with E-state index in [1.54, 1.807) is 24.5 Å². The molecule has 0 aromatic heterocycles. The lowest BCUT2D eigenvalue weighted by Gasteiger charge is -2.32. The van der Waals surface area contributed by atoms with Crippen molar-refractivity contribution in [2.24, 2.45) is 0 Å². The molecule has 2 rings (SSSR count). The van der Waals surface area contributed by atoms with E-state index in [0.717, 1.165) is 11.1 Å². The lowest BCUT2D eigenvalue weighted by atomic mass is 9.72. The molecule has 0 heterocycles. The normalized spacial score (nSPS) is 24.2. The number of rotatable bonds is 2. The largest absolute Gasteiger partial charge is 0.289 e. The van der Waals surface area contributed by atoms with Crippen LogP contribution in [0.25, 0.3) is 0 Å². The van der Waals surface area contributed by atoms with Gasteiger partial charge in [-0.15, -0.1) is 0 Å². The first-order valence-electron chi connectivity index (χ1n) is 7.49. The summed E-state index contributed by atoms with van der Waals surface area (Å²) in [7, 11) is 0. The summed E-state index contributed by atoms with van der Waals surface area (Å²) in [5.41, 5.74) is 4.08. The molecule has 0 spiro atoms. The molecule has 0 radical (unpaired) electrons. The number of nitrogens with one attached hydrogen (secondary N) is 1. The fraction of sp³-hybridized carbons (Fsp3) is 0.389. The maximum atomic E-state index is 14.0. The number of amides is 1. The van der Waals surface area contributed by atoms with Gasteiger partial charge in [0, 0.05) is 0 Å². The number of allylic oxidation sites excluding steroid dienone is 3. The Hall–Kier alpha value is -1.94.